The molecule has 6 heteroatoms. The zero-order chi connectivity index (χ0) is 11.1. The second-order valence-corrected chi connectivity index (χ2v) is 4.84. The molecule has 78 valence electrons. The Bertz CT molecular complexity index is 658. The highest BCUT2D eigenvalue weighted by atomic mass is 32.1. The van der Waals surface area contributed by atoms with Crippen molar-refractivity contribution in [3.63, 3.8) is 0 Å². The van der Waals surface area contributed by atoms with Gasteiger partial charge in [0, 0.05) is 5.39 Å². The molecule has 4 nitrogen and oxygen atoms in total. The fraction of sp³-hybridized carbons (Fsp3) is 0.100. The van der Waals surface area contributed by atoms with Gasteiger partial charge in [-0.2, -0.15) is 0 Å². The van der Waals surface area contributed by atoms with Crippen LogP contribution in [0.2, 0.25) is 0 Å². The first-order valence-corrected chi connectivity index (χ1v) is 5.78. The van der Waals surface area contributed by atoms with Crippen molar-refractivity contribution in [3.8, 4) is 10.7 Å². The smallest absolute Gasteiger partial charge is 0.224 e. The third kappa shape index (κ3) is 1.42. The quantitative estimate of drug-likeness (QED) is 0.589. The lowest BCUT2D eigenvalue weighted by Gasteiger charge is -1.98. The Hall–Kier alpha value is -1.69. The highest BCUT2D eigenvalue weighted by molar-refractivity contribution is 7.14. The minimum Gasteiger partial charge on any atom is -0.384 e. The van der Waals surface area contributed by atoms with Gasteiger partial charge >= 0.3 is 0 Å². The van der Waals surface area contributed by atoms with Crippen molar-refractivity contribution in [2.45, 2.75) is 6.92 Å². The molecule has 0 fully saturated rings. The van der Waals surface area contributed by atoms with Crippen molar-refractivity contribution in [2.24, 2.45) is 0 Å². The van der Waals surface area contributed by atoms with E-state index in [1.54, 1.807) is 11.3 Å². The average molecular weight is 228 g/mol. The van der Waals surface area contributed by atoms with Crippen molar-refractivity contribution in [3.05, 3.63) is 29.4 Å². The number of rotatable bonds is 1. The monoisotopic (exact) mass is 228 g/mol. The molecule has 0 unspecified atom stereocenters. The molecule has 0 atom stereocenters. The average Bonchev–Trinajstić information content (AvgIpc) is 2.86. The van der Waals surface area contributed by atoms with E-state index in [1.807, 2.05) is 31.6 Å². The summed E-state index contributed by atoms with van der Waals surface area (Å²) in [6.07, 6.45) is 2.01. The Balaban J connectivity index is 2.21. The zero-order valence-corrected chi connectivity index (χ0v) is 9.82. The normalized spacial score (nSPS) is 11.1. The number of pyridine rings is 1. The fourth-order valence-electron chi connectivity index (χ4n) is 1.65. The molecule has 0 aromatic carbocycles. The molecule has 0 aliphatic heterocycles. The van der Waals surface area contributed by atoms with E-state index in [0.717, 1.165) is 26.7 Å². The van der Waals surface area contributed by atoms with E-state index in [1.165, 1.54) is 0 Å². The van der Waals surface area contributed by atoms with Crippen molar-refractivity contribution < 1.29 is 0 Å². The molecule has 0 amide bonds. The van der Waals surface area contributed by atoms with Gasteiger partial charge in [-0.1, -0.05) is 11.3 Å². The maximum absolute atomic E-state index is 4.59. The van der Waals surface area contributed by atoms with E-state index in [0.29, 0.717) is 0 Å². The standard InChI is InChI=1S/C10H9BN4S/c1-6-13-14-10(16-6)8-3-2-7-4-5-15(11)9(7)12-8/h2-5H,11H2,1H3. The Morgan fingerprint density at radius 2 is 2.12 bits per heavy atom. The summed E-state index contributed by atoms with van der Waals surface area (Å²) >= 11 is 1.56. The lowest BCUT2D eigenvalue weighted by molar-refractivity contribution is 1.05. The van der Waals surface area contributed by atoms with Crippen LogP contribution < -0.4 is 0 Å². The summed E-state index contributed by atoms with van der Waals surface area (Å²) < 4.78 is 2.01. The van der Waals surface area contributed by atoms with E-state index >= 15 is 0 Å². The molecule has 0 aliphatic rings. The van der Waals surface area contributed by atoms with E-state index in [4.69, 9.17) is 0 Å². The molecule has 0 spiro atoms. The van der Waals surface area contributed by atoms with Crippen LogP contribution in [-0.4, -0.2) is 27.6 Å². The zero-order valence-electron chi connectivity index (χ0n) is 9.01. The molecule has 0 saturated heterocycles. The molecule has 16 heavy (non-hydrogen) atoms. The van der Waals surface area contributed by atoms with Gasteiger partial charge < -0.3 is 4.48 Å². The van der Waals surface area contributed by atoms with E-state index < -0.39 is 0 Å². The second-order valence-electron chi connectivity index (χ2n) is 3.66. The number of fused-ring (bicyclic) bond motifs is 1. The van der Waals surface area contributed by atoms with Crippen LogP contribution in [0.3, 0.4) is 0 Å². The van der Waals surface area contributed by atoms with Crippen molar-refractivity contribution in [1.29, 1.82) is 0 Å². The molecular formula is C10H9BN4S. The summed E-state index contributed by atoms with van der Waals surface area (Å²) in [6.45, 7) is 1.95. The summed E-state index contributed by atoms with van der Waals surface area (Å²) in [4.78, 5) is 4.59. The number of hydrogen-bond donors (Lipinski definition) is 0. The summed E-state index contributed by atoms with van der Waals surface area (Å²) in [6, 6.07) is 6.11. The molecule has 0 saturated carbocycles. The van der Waals surface area contributed by atoms with Gasteiger partial charge in [-0.05, 0) is 31.3 Å². The van der Waals surface area contributed by atoms with E-state index in [2.05, 4.69) is 27.3 Å². The van der Waals surface area contributed by atoms with Crippen LogP contribution in [-0.2, 0) is 0 Å². The molecule has 3 heterocycles. The van der Waals surface area contributed by atoms with Crippen LogP contribution in [0.4, 0.5) is 0 Å². The lowest BCUT2D eigenvalue weighted by Crippen LogP contribution is -1.92. The van der Waals surface area contributed by atoms with Crippen molar-refractivity contribution >= 4 is 30.4 Å². The first-order valence-electron chi connectivity index (χ1n) is 4.96. The van der Waals surface area contributed by atoms with Gasteiger partial charge in [-0.15, -0.1) is 10.2 Å². The Labute approximate surface area is 97.4 Å². The topological polar surface area (TPSA) is 43.6 Å². The highest BCUT2D eigenvalue weighted by Gasteiger charge is 2.07. The Kier molecular flexibility index (Phi) is 2.04. The van der Waals surface area contributed by atoms with Crippen LogP contribution in [0.15, 0.2) is 24.4 Å². The molecule has 0 N–H and O–H groups in total. The number of nitrogens with zero attached hydrogens (tertiary/aromatic N) is 4. The molecule has 0 bridgehead atoms. The lowest BCUT2D eigenvalue weighted by atomic mass is 10.3. The minimum absolute atomic E-state index is 0.876. The SMILES string of the molecule is Bn1ccc2ccc(-c3nnc(C)s3)nc21. The second kappa shape index (κ2) is 3.42. The van der Waals surface area contributed by atoms with Crippen molar-refractivity contribution in [2.75, 3.05) is 0 Å². The van der Waals surface area contributed by atoms with Crippen LogP contribution >= 0.6 is 11.3 Å². The van der Waals surface area contributed by atoms with Crippen LogP contribution in [0, 0.1) is 6.92 Å². The molecule has 3 aromatic rings. The molecule has 3 rings (SSSR count). The number of aromatic nitrogens is 4. The number of aryl methyl sites for hydroxylation is 1. The third-order valence-corrected chi connectivity index (χ3v) is 3.32. The van der Waals surface area contributed by atoms with Crippen molar-refractivity contribution in [1.82, 2.24) is 19.7 Å². The maximum atomic E-state index is 4.59. The highest BCUT2D eigenvalue weighted by Crippen LogP contribution is 2.23. The third-order valence-electron chi connectivity index (χ3n) is 2.46. The van der Waals surface area contributed by atoms with Gasteiger partial charge in [0.15, 0.2) is 5.01 Å². The fourth-order valence-corrected chi connectivity index (χ4v) is 2.32. The molecule has 0 radical (unpaired) electrons. The van der Waals surface area contributed by atoms with Gasteiger partial charge in [0.1, 0.15) is 16.3 Å². The largest absolute Gasteiger partial charge is 0.384 e. The minimum atomic E-state index is 0.876. The van der Waals surface area contributed by atoms with E-state index in [9.17, 15) is 0 Å². The predicted octanol–water partition coefficient (Wildman–Crippen LogP) is 1.26. The van der Waals surface area contributed by atoms with Gasteiger partial charge in [0.25, 0.3) is 0 Å². The van der Waals surface area contributed by atoms with Gasteiger partial charge in [-0.3, -0.25) is 0 Å². The Morgan fingerprint density at radius 1 is 1.25 bits per heavy atom. The van der Waals surface area contributed by atoms with Crippen LogP contribution in [0.25, 0.3) is 21.7 Å². The van der Waals surface area contributed by atoms with Crippen LogP contribution in [0.5, 0.6) is 0 Å². The molecule has 3 aromatic heterocycles. The molecule has 0 aliphatic carbocycles. The Morgan fingerprint density at radius 3 is 2.88 bits per heavy atom. The van der Waals surface area contributed by atoms with Gasteiger partial charge in [0.05, 0.1) is 0 Å². The van der Waals surface area contributed by atoms with Gasteiger partial charge in [-0.25, -0.2) is 4.98 Å². The van der Waals surface area contributed by atoms with Gasteiger partial charge in [0.2, 0.25) is 7.98 Å². The first-order chi connectivity index (χ1) is 7.74. The van der Waals surface area contributed by atoms with E-state index in [-0.39, 0.29) is 0 Å². The summed E-state index contributed by atoms with van der Waals surface area (Å²) in [7, 11) is 1.99. The maximum Gasteiger partial charge on any atom is 0.224 e. The summed E-state index contributed by atoms with van der Waals surface area (Å²) in [5.74, 6) is 0. The predicted molar refractivity (Wildman–Crippen MR) is 67.3 cm³/mol. The first kappa shape index (κ1) is 9.53. The summed E-state index contributed by atoms with van der Waals surface area (Å²) in [5, 5.41) is 11.1. The van der Waals surface area contributed by atoms with Crippen LogP contribution in [0.1, 0.15) is 5.01 Å². The summed E-state index contributed by atoms with van der Waals surface area (Å²) in [5.41, 5.74) is 1.87. The number of hydrogen-bond acceptors (Lipinski definition) is 4. The molecular weight excluding hydrogens is 219 g/mol.